The van der Waals surface area contributed by atoms with Crippen molar-refractivity contribution in [1.29, 1.82) is 0 Å². The van der Waals surface area contributed by atoms with Crippen molar-refractivity contribution in [2.75, 3.05) is 0 Å². The summed E-state index contributed by atoms with van der Waals surface area (Å²) in [6.07, 6.45) is 5.39. The molecular weight excluding hydrogens is 624 g/mol. The average Bonchev–Trinajstić information content (AvgIpc) is 3.58. The Bertz CT molecular complexity index is 2020. The van der Waals surface area contributed by atoms with Crippen molar-refractivity contribution >= 4 is 42.1 Å². The maximum atomic E-state index is 12.0. The van der Waals surface area contributed by atoms with Crippen LogP contribution in [0, 0.1) is 24.7 Å². The molecule has 0 amide bonds. The third kappa shape index (κ3) is 5.96. The van der Waals surface area contributed by atoms with Gasteiger partial charge in [0.25, 0.3) is 0 Å². The van der Waals surface area contributed by atoms with Crippen LogP contribution < -0.4 is 21.3 Å². The molecule has 8 bridgehead atoms. The van der Waals surface area contributed by atoms with Crippen LogP contribution in [0.15, 0.2) is 40.4 Å². The van der Waals surface area contributed by atoms with Crippen LogP contribution in [0.3, 0.4) is 0 Å². The van der Waals surface area contributed by atoms with Crippen molar-refractivity contribution in [2.45, 2.75) is 66.2 Å². The summed E-state index contributed by atoms with van der Waals surface area (Å²) in [6.45, 7) is 6.67. The number of aromatic amines is 2. The number of nitrogens with one attached hydrogen (secondary N) is 4. The van der Waals surface area contributed by atoms with E-state index < -0.39 is 47.5 Å². The fourth-order valence-electron chi connectivity index (χ4n) is 6.67. The first-order valence-electron chi connectivity index (χ1n) is 15.3. The average molecular weight is 663 g/mol. The summed E-state index contributed by atoms with van der Waals surface area (Å²) in [5.74, 6) is -4.97. The molecular formula is C34H38N4O10. The predicted octanol–water partition coefficient (Wildman–Crippen LogP) is 2.55. The molecule has 2 aromatic rings. The molecule has 0 fully saturated rings. The van der Waals surface area contributed by atoms with Crippen LogP contribution in [0.1, 0.15) is 73.2 Å². The van der Waals surface area contributed by atoms with E-state index in [1.807, 2.05) is 0 Å². The fourth-order valence-corrected chi connectivity index (χ4v) is 6.67. The number of allylic oxidation sites excluding steroid dienone is 2. The van der Waals surface area contributed by atoms with Crippen molar-refractivity contribution in [3.8, 4) is 0 Å². The number of H-pyrrole nitrogens is 2. The zero-order chi connectivity index (χ0) is 35.3. The molecule has 5 rings (SSSR count). The van der Waals surface area contributed by atoms with Gasteiger partial charge in [0.15, 0.2) is 0 Å². The molecule has 14 heteroatoms. The van der Waals surface area contributed by atoms with Gasteiger partial charge in [0.1, 0.15) is 11.5 Å². The van der Waals surface area contributed by atoms with Gasteiger partial charge in [-0.2, -0.15) is 0 Å². The van der Waals surface area contributed by atoms with E-state index in [0.717, 1.165) is 0 Å². The van der Waals surface area contributed by atoms with Gasteiger partial charge in [0.05, 0.1) is 35.1 Å². The van der Waals surface area contributed by atoms with Gasteiger partial charge >= 0.3 is 23.9 Å². The summed E-state index contributed by atoms with van der Waals surface area (Å²) in [5, 5.41) is 68.9. The summed E-state index contributed by atoms with van der Waals surface area (Å²) in [5.41, 5.74) is 1.69. The van der Waals surface area contributed by atoms with Crippen LogP contribution in [-0.2, 0) is 32.0 Å². The van der Waals surface area contributed by atoms with E-state index in [4.69, 9.17) is 0 Å². The second-order valence-corrected chi connectivity index (χ2v) is 12.9. The van der Waals surface area contributed by atoms with Crippen molar-refractivity contribution in [1.82, 2.24) is 20.6 Å². The first-order valence-corrected chi connectivity index (χ1v) is 15.3. The van der Waals surface area contributed by atoms with Gasteiger partial charge in [-0.05, 0) is 87.1 Å². The minimum absolute atomic E-state index is 0.0988. The Kier molecular flexibility index (Phi) is 8.55. The molecule has 0 spiro atoms. The van der Waals surface area contributed by atoms with E-state index in [1.165, 1.54) is 13.0 Å². The van der Waals surface area contributed by atoms with E-state index in [2.05, 4.69) is 20.6 Å². The Morgan fingerprint density at radius 3 is 1.62 bits per heavy atom. The minimum atomic E-state index is -1.47. The first kappa shape index (κ1) is 33.7. The SMILES string of the molecule is Cc1c2[nH]c(c1CCC(=O)O)/C=c1\[nH]/c(c(C)c1CCC(=O)O)=C\C1=C(O)[C@](C)(CC(=O)O)/C(=C/C3=C(O)[C@](C)(CC(=O)O)/C(=C/2)N3)N1. The summed E-state index contributed by atoms with van der Waals surface area (Å²) in [6, 6.07) is 0. The monoisotopic (exact) mass is 662 g/mol. The molecule has 14 nitrogen and oxygen atoms in total. The van der Waals surface area contributed by atoms with Crippen LogP contribution in [0.25, 0.3) is 18.2 Å². The van der Waals surface area contributed by atoms with Gasteiger partial charge in [-0.25, -0.2) is 0 Å². The minimum Gasteiger partial charge on any atom is -0.509 e. The lowest BCUT2D eigenvalue weighted by atomic mass is 9.81. The summed E-state index contributed by atoms with van der Waals surface area (Å²) in [7, 11) is 0. The van der Waals surface area contributed by atoms with Gasteiger partial charge in [-0.1, -0.05) is 0 Å². The fraction of sp³-hybridized carbons (Fsp3) is 0.353. The van der Waals surface area contributed by atoms with Gasteiger partial charge < -0.3 is 51.2 Å². The number of aromatic nitrogens is 2. The highest BCUT2D eigenvalue weighted by Gasteiger charge is 2.46. The molecule has 254 valence electrons. The van der Waals surface area contributed by atoms with Crippen LogP contribution in [-0.4, -0.2) is 64.5 Å². The topological polar surface area (TPSA) is 245 Å². The van der Waals surface area contributed by atoms with E-state index in [9.17, 15) is 49.8 Å². The van der Waals surface area contributed by atoms with Crippen molar-refractivity contribution in [2.24, 2.45) is 10.8 Å². The van der Waals surface area contributed by atoms with Gasteiger partial charge in [-0.15, -0.1) is 0 Å². The predicted molar refractivity (Wildman–Crippen MR) is 173 cm³/mol. The highest BCUT2D eigenvalue weighted by atomic mass is 16.4. The van der Waals surface area contributed by atoms with E-state index in [1.54, 1.807) is 39.0 Å². The zero-order valence-corrected chi connectivity index (χ0v) is 26.9. The normalized spacial score (nSPS) is 25.1. The zero-order valence-electron chi connectivity index (χ0n) is 26.9. The smallest absolute Gasteiger partial charge is 0.304 e. The molecule has 2 atom stereocenters. The summed E-state index contributed by atoms with van der Waals surface area (Å²) >= 11 is 0. The number of aliphatic hydroxyl groups excluding tert-OH is 2. The molecule has 10 N–H and O–H groups in total. The lowest BCUT2D eigenvalue weighted by molar-refractivity contribution is -0.139. The number of carbonyl (C=O) groups is 4. The van der Waals surface area contributed by atoms with E-state index >= 15 is 0 Å². The van der Waals surface area contributed by atoms with Crippen molar-refractivity contribution in [3.05, 3.63) is 84.7 Å². The molecule has 48 heavy (non-hydrogen) atoms. The second kappa shape index (κ2) is 12.2. The molecule has 3 aliphatic rings. The van der Waals surface area contributed by atoms with Crippen LogP contribution in [0.5, 0.6) is 0 Å². The van der Waals surface area contributed by atoms with Crippen LogP contribution >= 0.6 is 0 Å². The van der Waals surface area contributed by atoms with Crippen LogP contribution in [0.2, 0.25) is 0 Å². The number of carboxylic acid groups (broad SMARTS) is 4. The lowest BCUT2D eigenvalue weighted by Gasteiger charge is -2.24. The summed E-state index contributed by atoms with van der Waals surface area (Å²) in [4.78, 5) is 53.9. The third-order valence-electron chi connectivity index (χ3n) is 9.53. The molecule has 0 saturated heterocycles. The van der Waals surface area contributed by atoms with Crippen LogP contribution in [0.4, 0.5) is 0 Å². The number of hydrogen-bond acceptors (Lipinski definition) is 8. The first-order chi connectivity index (χ1) is 22.4. The Balaban J connectivity index is 1.88. The second-order valence-electron chi connectivity index (χ2n) is 12.9. The van der Waals surface area contributed by atoms with Gasteiger partial charge in [0.2, 0.25) is 0 Å². The van der Waals surface area contributed by atoms with E-state index in [-0.39, 0.29) is 54.3 Å². The Hall–Kier alpha value is -5.66. The quantitative estimate of drug-likeness (QED) is 0.176. The summed E-state index contributed by atoms with van der Waals surface area (Å²) < 4.78 is 0. The number of hydrogen-bond donors (Lipinski definition) is 10. The number of aliphatic hydroxyl groups is 2. The highest BCUT2D eigenvalue weighted by molar-refractivity contribution is 5.74. The number of fused-ring (bicyclic) bond motifs is 8. The largest absolute Gasteiger partial charge is 0.509 e. The number of aliphatic carboxylic acids is 4. The van der Waals surface area contributed by atoms with Gasteiger partial charge in [0, 0.05) is 46.3 Å². The van der Waals surface area contributed by atoms with E-state index in [0.29, 0.717) is 50.0 Å². The Labute approximate surface area is 274 Å². The standard InChI is InChI=1S/C34H38N4O10/c1-15-17(5-7-27(39)40)21-10-22-18(6-8-28(41)42)16(2)20(36-22)11-25-33(3,13-29(43)44)32(48)24(38-25)12-26-34(4,14-30(45)46)31(47)23(37-26)9-19(15)35-21/h9-12,35-38,47-48H,5-8,13-14H2,1-4H3,(H,39,40)(H,41,42)(H,43,44)(H,45,46)/b19-9-,21-10-,25-11-,26-12-/t33-,34-/m1/s1. The molecule has 3 aliphatic heterocycles. The lowest BCUT2D eigenvalue weighted by Crippen LogP contribution is -2.26. The molecule has 0 aromatic carbocycles. The maximum absolute atomic E-state index is 12.0. The van der Waals surface area contributed by atoms with Crippen molar-refractivity contribution in [3.63, 3.8) is 0 Å². The van der Waals surface area contributed by atoms with Gasteiger partial charge in [-0.3, -0.25) is 19.2 Å². The Morgan fingerprint density at radius 2 is 1.10 bits per heavy atom. The number of rotatable bonds is 10. The molecule has 2 aromatic heterocycles. The number of carboxylic acids is 4. The van der Waals surface area contributed by atoms with Crippen molar-refractivity contribution < 1.29 is 49.8 Å². The Morgan fingerprint density at radius 1 is 0.604 bits per heavy atom. The maximum Gasteiger partial charge on any atom is 0.304 e. The highest BCUT2D eigenvalue weighted by Crippen LogP contribution is 2.47. The molecule has 0 unspecified atom stereocenters. The molecule has 0 saturated carbocycles. The molecule has 0 aliphatic carbocycles. The third-order valence-corrected chi connectivity index (χ3v) is 9.53. The molecule has 0 radical (unpaired) electrons. The molecule has 5 heterocycles.